The van der Waals surface area contributed by atoms with Crippen LogP contribution in [-0.2, 0) is 11.2 Å². The lowest BCUT2D eigenvalue weighted by Gasteiger charge is -2.11. The predicted molar refractivity (Wildman–Crippen MR) is 113 cm³/mol. The van der Waals surface area contributed by atoms with Gasteiger partial charge < -0.3 is 15.0 Å². The number of unbranched alkanes of at least 4 members (excludes halogenated alkanes) is 2. The minimum Gasteiger partial charge on any atom is -0.494 e. The molecule has 150 valence electrons. The van der Waals surface area contributed by atoms with E-state index in [1.54, 1.807) is 31.1 Å². The van der Waals surface area contributed by atoms with Crippen molar-refractivity contribution in [3.05, 3.63) is 59.7 Å². The normalized spacial score (nSPS) is 10.4. The summed E-state index contributed by atoms with van der Waals surface area (Å²) >= 11 is 0. The number of nitrogens with zero attached hydrogens (tertiary/aromatic N) is 1. The third-order valence-corrected chi connectivity index (χ3v) is 4.44. The zero-order chi connectivity index (χ0) is 20.4. The van der Waals surface area contributed by atoms with Gasteiger partial charge in [0.1, 0.15) is 5.75 Å². The SMILES string of the molecule is CCCCCOc1ccc(C(=O)Nc2cccc(CCC(=O)N(C)C)c2)cc1. The van der Waals surface area contributed by atoms with Crippen molar-refractivity contribution in [3.63, 3.8) is 0 Å². The highest BCUT2D eigenvalue weighted by Gasteiger charge is 2.08. The van der Waals surface area contributed by atoms with Crippen molar-refractivity contribution in [1.82, 2.24) is 4.90 Å². The molecule has 0 aliphatic rings. The molecule has 0 fully saturated rings. The molecule has 2 aromatic carbocycles. The first kappa shape index (κ1) is 21.5. The quantitative estimate of drug-likeness (QED) is 0.614. The van der Waals surface area contributed by atoms with E-state index in [0.717, 1.165) is 36.3 Å². The van der Waals surface area contributed by atoms with Gasteiger partial charge in [-0.25, -0.2) is 0 Å². The molecule has 0 aromatic heterocycles. The van der Waals surface area contributed by atoms with E-state index >= 15 is 0 Å². The fourth-order valence-electron chi connectivity index (χ4n) is 2.73. The van der Waals surface area contributed by atoms with Gasteiger partial charge in [-0.1, -0.05) is 31.9 Å². The summed E-state index contributed by atoms with van der Waals surface area (Å²) in [7, 11) is 3.50. The maximum atomic E-state index is 12.5. The van der Waals surface area contributed by atoms with Crippen LogP contribution in [0, 0.1) is 0 Å². The fraction of sp³-hybridized carbons (Fsp3) is 0.391. The standard InChI is InChI=1S/C23H30N2O3/c1-4-5-6-16-28-21-13-11-19(12-14-21)23(27)24-20-9-7-8-18(17-20)10-15-22(26)25(2)3/h7-9,11-14,17H,4-6,10,15-16H2,1-3H3,(H,24,27). The number of aryl methyl sites for hydroxylation is 1. The number of carbonyl (C=O) groups is 2. The number of anilines is 1. The van der Waals surface area contributed by atoms with E-state index in [4.69, 9.17) is 4.74 Å². The van der Waals surface area contributed by atoms with E-state index in [1.165, 1.54) is 0 Å². The van der Waals surface area contributed by atoms with Gasteiger partial charge in [0.05, 0.1) is 6.61 Å². The Morgan fingerprint density at radius 3 is 2.46 bits per heavy atom. The summed E-state index contributed by atoms with van der Waals surface area (Å²) in [4.78, 5) is 25.8. The molecule has 0 heterocycles. The third-order valence-electron chi connectivity index (χ3n) is 4.44. The Labute approximate surface area is 167 Å². The Kier molecular flexibility index (Phi) is 8.53. The number of amides is 2. The molecule has 0 aliphatic carbocycles. The molecule has 0 aliphatic heterocycles. The van der Waals surface area contributed by atoms with Gasteiger partial charge in [0.25, 0.3) is 5.91 Å². The van der Waals surface area contributed by atoms with Gasteiger partial charge >= 0.3 is 0 Å². The second kappa shape index (κ2) is 11.1. The maximum absolute atomic E-state index is 12.5. The number of hydrogen-bond donors (Lipinski definition) is 1. The van der Waals surface area contributed by atoms with Gasteiger partial charge in [-0.3, -0.25) is 9.59 Å². The van der Waals surface area contributed by atoms with E-state index in [1.807, 2.05) is 36.4 Å². The number of carbonyl (C=O) groups excluding carboxylic acids is 2. The number of ether oxygens (including phenoxy) is 1. The van der Waals surface area contributed by atoms with Crippen molar-refractivity contribution in [2.75, 3.05) is 26.0 Å². The fourth-order valence-corrected chi connectivity index (χ4v) is 2.73. The first-order valence-corrected chi connectivity index (χ1v) is 9.83. The van der Waals surface area contributed by atoms with Crippen LogP contribution in [0.2, 0.25) is 0 Å². The summed E-state index contributed by atoms with van der Waals surface area (Å²) in [5.74, 6) is 0.700. The first-order valence-electron chi connectivity index (χ1n) is 9.83. The van der Waals surface area contributed by atoms with Crippen LogP contribution >= 0.6 is 0 Å². The summed E-state index contributed by atoms with van der Waals surface area (Å²) < 4.78 is 5.68. The highest BCUT2D eigenvalue weighted by atomic mass is 16.5. The van der Waals surface area contributed by atoms with Gasteiger partial charge in [-0.2, -0.15) is 0 Å². The Bertz CT molecular complexity index is 770. The Hall–Kier alpha value is -2.82. The average molecular weight is 383 g/mol. The summed E-state index contributed by atoms with van der Waals surface area (Å²) in [5, 5.41) is 2.91. The van der Waals surface area contributed by atoms with E-state index in [0.29, 0.717) is 25.0 Å². The zero-order valence-corrected chi connectivity index (χ0v) is 17.0. The molecule has 2 amide bonds. The monoisotopic (exact) mass is 382 g/mol. The van der Waals surface area contributed by atoms with Crippen LogP contribution in [0.1, 0.15) is 48.5 Å². The Balaban J connectivity index is 1.90. The van der Waals surface area contributed by atoms with Crippen LogP contribution in [0.5, 0.6) is 5.75 Å². The summed E-state index contributed by atoms with van der Waals surface area (Å²) in [5.41, 5.74) is 2.32. The molecular weight excluding hydrogens is 352 g/mol. The molecule has 0 radical (unpaired) electrons. The van der Waals surface area contributed by atoms with Crippen LogP contribution in [0.15, 0.2) is 48.5 Å². The van der Waals surface area contributed by atoms with Crippen LogP contribution in [-0.4, -0.2) is 37.4 Å². The van der Waals surface area contributed by atoms with Crippen molar-refractivity contribution in [2.45, 2.75) is 39.0 Å². The maximum Gasteiger partial charge on any atom is 0.255 e. The van der Waals surface area contributed by atoms with Gasteiger partial charge in [0, 0.05) is 31.8 Å². The van der Waals surface area contributed by atoms with Crippen LogP contribution < -0.4 is 10.1 Å². The van der Waals surface area contributed by atoms with Crippen LogP contribution in [0.25, 0.3) is 0 Å². The molecule has 0 spiro atoms. The minimum absolute atomic E-state index is 0.0893. The molecule has 0 unspecified atom stereocenters. The highest BCUT2D eigenvalue weighted by Crippen LogP contribution is 2.16. The van der Waals surface area contributed by atoms with E-state index in [-0.39, 0.29) is 11.8 Å². The van der Waals surface area contributed by atoms with Gasteiger partial charge in [-0.05, 0) is 54.8 Å². The molecule has 1 N–H and O–H groups in total. The molecule has 5 nitrogen and oxygen atoms in total. The van der Waals surface area contributed by atoms with Crippen molar-refractivity contribution >= 4 is 17.5 Å². The summed E-state index contributed by atoms with van der Waals surface area (Å²) in [6.45, 7) is 2.86. The second-order valence-corrected chi connectivity index (χ2v) is 7.02. The molecule has 2 rings (SSSR count). The molecule has 5 heteroatoms. The van der Waals surface area contributed by atoms with Crippen molar-refractivity contribution < 1.29 is 14.3 Å². The third kappa shape index (κ3) is 7.06. The number of rotatable bonds is 10. The minimum atomic E-state index is -0.168. The predicted octanol–water partition coefficient (Wildman–Crippen LogP) is 4.53. The van der Waals surface area contributed by atoms with E-state index in [2.05, 4.69) is 12.2 Å². The average Bonchev–Trinajstić information content (AvgIpc) is 2.70. The molecule has 0 saturated heterocycles. The largest absolute Gasteiger partial charge is 0.494 e. The smallest absolute Gasteiger partial charge is 0.255 e. The van der Waals surface area contributed by atoms with E-state index in [9.17, 15) is 9.59 Å². The molecule has 0 saturated carbocycles. The topological polar surface area (TPSA) is 58.6 Å². The van der Waals surface area contributed by atoms with Crippen molar-refractivity contribution in [1.29, 1.82) is 0 Å². The molecular formula is C23H30N2O3. The lowest BCUT2D eigenvalue weighted by Crippen LogP contribution is -2.21. The lowest BCUT2D eigenvalue weighted by molar-refractivity contribution is -0.128. The molecule has 28 heavy (non-hydrogen) atoms. The Morgan fingerprint density at radius 1 is 1.04 bits per heavy atom. The highest BCUT2D eigenvalue weighted by molar-refractivity contribution is 6.04. The van der Waals surface area contributed by atoms with Crippen molar-refractivity contribution in [2.24, 2.45) is 0 Å². The first-order chi connectivity index (χ1) is 13.5. The lowest BCUT2D eigenvalue weighted by atomic mass is 10.1. The van der Waals surface area contributed by atoms with Crippen LogP contribution in [0.3, 0.4) is 0 Å². The molecule has 0 bridgehead atoms. The number of hydrogen-bond acceptors (Lipinski definition) is 3. The number of nitrogens with one attached hydrogen (secondary N) is 1. The summed E-state index contributed by atoms with van der Waals surface area (Å²) in [6.07, 6.45) is 4.45. The summed E-state index contributed by atoms with van der Waals surface area (Å²) in [6, 6.07) is 14.8. The van der Waals surface area contributed by atoms with Crippen LogP contribution in [0.4, 0.5) is 5.69 Å². The van der Waals surface area contributed by atoms with Gasteiger partial charge in [0.15, 0.2) is 0 Å². The van der Waals surface area contributed by atoms with E-state index < -0.39 is 0 Å². The second-order valence-electron chi connectivity index (χ2n) is 7.02. The van der Waals surface area contributed by atoms with Crippen molar-refractivity contribution in [3.8, 4) is 5.75 Å². The molecule has 0 atom stereocenters. The van der Waals surface area contributed by atoms with Gasteiger partial charge in [0.2, 0.25) is 5.91 Å². The van der Waals surface area contributed by atoms with Gasteiger partial charge in [-0.15, -0.1) is 0 Å². The Morgan fingerprint density at radius 2 is 1.79 bits per heavy atom. The molecule has 2 aromatic rings. The number of benzene rings is 2. The zero-order valence-electron chi connectivity index (χ0n) is 17.0.